The summed E-state index contributed by atoms with van der Waals surface area (Å²) in [5, 5.41) is 21.2. The third-order valence-corrected chi connectivity index (χ3v) is 14.3. The van der Waals surface area contributed by atoms with Gasteiger partial charge in [0.2, 0.25) is 12.0 Å². The molecule has 23 nitrogen and oxygen atoms in total. The number of anilines is 1. The van der Waals surface area contributed by atoms with Gasteiger partial charge in [-0.25, -0.2) is 24.9 Å². The smallest absolute Gasteiger partial charge is 0.349 e. The van der Waals surface area contributed by atoms with Crippen LogP contribution in [0.4, 0.5) is 5.69 Å². The van der Waals surface area contributed by atoms with Crippen molar-refractivity contribution < 1.29 is 81.4 Å². The van der Waals surface area contributed by atoms with Crippen LogP contribution in [-0.4, -0.2) is 146 Å². The monoisotopic (exact) mass is 1010 g/mol. The molecule has 9 atom stereocenters. The van der Waals surface area contributed by atoms with Gasteiger partial charge in [-0.2, -0.15) is 5.53 Å². The zero-order valence-corrected chi connectivity index (χ0v) is 41.4. The van der Waals surface area contributed by atoms with Crippen molar-refractivity contribution in [2.75, 3.05) is 52.4 Å². The van der Waals surface area contributed by atoms with Gasteiger partial charge in [0, 0.05) is 63.4 Å². The molecule has 0 unspecified atom stereocenters. The minimum absolute atomic E-state index is 0.0411. The lowest BCUT2D eigenvalue weighted by Gasteiger charge is -2.66. The summed E-state index contributed by atoms with van der Waals surface area (Å²) in [6, 6.07) is 14.4. The Kier molecular flexibility index (Phi) is 17.0. The second-order valence-electron chi connectivity index (χ2n) is 19.0. The zero-order valence-electron chi connectivity index (χ0n) is 41.4. The van der Waals surface area contributed by atoms with Gasteiger partial charge in [-0.1, -0.05) is 49.4 Å². The largest absolute Gasteiger partial charge is 0.459 e. The number of Topliss-reactive ketones (excluding diaryl/α,β-unsaturated/α-hetero) is 1. The number of carbonyl (C=O) groups is 8. The molecule has 4 aliphatic rings. The molecule has 6 rings (SSSR count). The molecule has 2 aromatic carbocycles. The molecule has 2 saturated carbocycles. The lowest BCUT2D eigenvalue weighted by molar-refractivity contribution is -0.328. The number of rotatable bonds is 20. The van der Waals surface area contributed by atoms with Crippen LogP contribution in [0.15, 0.2) is 71.0 Å². The minimum atomic E-state index is -1.80. The fourth-order valence-corrected chi connectivity index (χ4v) is 10.4. The maximum absolute atomic E-state index is 15.2. The normalized spacial score (nSPS) is 27.3. The Morgan fingerprint density at radius 2 is 1.62 bits per heavy atom. The molecule has 0 spiro atoms. The SMILES string of the molecule is CO[C@]12C[C@H](OC(=O)[C@@H](CNC(=O)c3ccccc3)OC(=O)COCC(=O)OCc3ccc(NC(=O)CNN(C)N=N)cc3)C(C)=C([C@@H](OC(C)=O)C(=O)[C@@]3(C)[C@H](C1)[C@]1(OC(C)=O)CO[C@@H]1C[C@@H]3O)C2(C)C. The molecular weight excluding hydrogens is 945 g/mol. The van der Waals surface area contributed by atoms with E-state index in [1.807, 2.05) is 0 Å². The van der Waals surface area contributed by atoms with Gasteiger partial charge in [-0.15, -0.1) is 0 Å². The predicted octanol–water partition coefficient (Wildman–Crippen LogP) is 2.44. The Balaban J connectivity index is 1.19. The second-order valence-corrected chi connectivity index (χ2v) is 19.0. The van der Waals surface area contributed by atoms with E-state index in [2.05, 4.69) is 21.3 Å². The Morgan fingerprint density at radius 3 is 2.24 bits per heavy atom. The van der Waals surface area contributed by atoms with Crippen LogP contribution in [0.3, 0.4) is 0 Å². The summed E-state index contributed by atoms with van der Waals surface area (Å²) < 4.78 is 46.5. The highest BCUT2D eigenvalue weighted by Gasteiger charge is 2.74. The van der Waals surface area contributed by atoms with Gasteiger partial charge < -0.3 is 53.6 Å². The number of carbonyl (C=O) groups excluding carboxylic acids is 8. The summed E-state index contributed by atoms with van der Waals surface area (Å²) in [5.41, 5.74) is 5.68. The van der Waals surface area contributed by atoms with Crippen LogP contribution in [0.25, 0.3) is 0 Å². The number of methoxy groups -OCH3 is 1. The highest BCUT2D eigenvalue weighted by atomic mass is 16.6. The Hall–Kier alpha value is -6.66. The topological polar surface area (TPSA) is 306 Å². The summed E-state index contributed by atoms with van der Waals surface area (Å²) in [5.74, 6) is -7.20. The van der Waals surface area contributed by atoms with Crippen molar-refractivity contribution >= 4 is 53.1 Å². The van der Waals surface area contributed by atoms with Crippen molar-refractivity contribution in [2.24, 2.45) is 22.0 Å². The minimum Gasteiger partial charge on any atom is -0.459 e. The highest BCUT2D eigenvalue weighted by Crippen LogP contribution is 2.64. The molecule has 23 heteroatoms. The van der Waals surface area contributed by atoms with Crippen LogP contribution in [-0.2, 0) is 78.1 Å². The number of hydrogen-bond acceptors (Lipinski definition) is 20. The van der Waals surface area contributed by atoms with Gasteiger partial charge >= 0.3 is 29.8 Å². The van der Waals surface area contributed by atoms with Crippen molar-refractivity contribution in [2.45, 2.75) is 109 Å². The molecule has 3 fully saturated rings. The van der Waals surface area contributed by atoms with E-state index in [9.17, 15) is 38.7 Å². The second kappa shape index (κ2) is 22.4. The van der Waals surface area contributed by atoms with Crippen molar-refractivity contribution in [1.29, 1.82) is 5.53 Å². The quantitative estimate of drug-likeness (QED) is 0.0418. The van der Waals surface area contributed by atoms with E-state index in [4.69, 9.17) is 43.4 Å². The van der Waals surface area contributed by atoms with E-state index in [0.717, 1.165) is 12.0 Å². The van der Waals surface area contributed by atoms with Gasteiger partial charge in [0.15, 0.2) is 17.5 Å². The van der Waals surface area contributed by atoms with Crippen molar-refractivity contribution in [1.82, 2.24) is 15.9 Å². The molecule has 390 valence electrons. The van der Waals surface area contributed by atoms with E-state index < -0.39 is 126 Å². The first-order valence-electron chi connectivity index (χ1n) is 23.2. The molecule has 2 bridgehead atoms. The van der Waals surface area contributed by atoms with Gasteiger partial charge in [-0.3, -0.25) is 24.0 Å². The molecule has 2 amide bonds. The van der Waals surface area contributed by atoms with Gasteiger partial charge in [0.1, 0.15) is 32.0 Å². The lowest BCUT2D eigenvalue weighted by Crippen LogP contribution is -2.77. The molecule has 0 aromatic heterocycles. The standard InChI is InChI=1S/C49H62N6O17/c1-27-33(19-48(65-8)20-35-47(6,36(58)18-37-49(35,26-68-37)72-29(3)57)43(62)42(69-28(2)56)41(27)46(48,4)5)71-45(64)34(21-51-44(63)31-12-10-9-11-13-31)70-40(61)25-66-24-39(60)67-23-30-14-16-32(17-15-30)53-38(59)22-52-55(7)54-50/h9-17,33-37,42,50,52,58H,18-26H2,1-8H3,(H,51,63)(H,53,59)/t33-,34+,35-,36-,37+,42+,47-,48+,49+/m0/s1. The highest BCUT2D eigenvalue weighted by molar-refractivity contribution is 5.96. The van der Waals surface area contributed by atoms with Crippen LogP contribution in [0.1, 0.15) is 76.7 Å². The number of nitrogens with zero attached hydrogens (tertiary/aromatic N) is 2. The number of aliphatic hydroxyl groups excluding tert-OH is 1. The number of hydrazine groups is 1. The van der Waals surface area contributed by atoms with Gasteiger partial charge in [-0.05, 0) is 61.2 Å². The van der Waals surface area contributed by atoms with Gasteiger partial charge in [0.05, 0.1) is 36.8 Å². The van der Waals surface area contributed by atoms with Crippen molar-refractivity contribution in [3.63, 3.8) is 0 Å². The molecule has 72 heavy (non-hydrogen) atoms. The molecule has 2 aromatic rings. The summed E-state index contributed by atoms with van der Waals surface area (Å²) in [6.45, 7) is 6.62. The third kappa shape index (κ3) is 11.3. The number of nitrogens with one attached hydrogen (secondary N) is 4. The fraction of sp³-hybridized carbons (Fsp3) is 0.551. The molecule has 1 heterocycles. The summed E-state index contributed by atoms with van der Waals surface area (Å²) in [4.78, 5) is 106. The number of ketones is 1. The van der Waals surface area contributed by atoms with E-state index in [0.29, 0.717) is 16.8 Å². The lowest BCUT2D eigenvalue weighted by atomic mass is 9.45. The number of esters is 5. The average Bonchev–Trinajstić information content (AvgIpc) is 3.33. The molecule has 3 aliphatic carbocycles. The van der Waals surface area contributed by atoms with Crippen molar-refractivity contribution in [3.05, 3.63) is 76.9 Å². The number of fused-ring (bicyclic) bond motifs is 5. The summed E-state index contributed by atoms with van der Waals surface area (Å²) in [6.07, 6.45) is -6.98. The van der Waals surface area contributed by atoms with Crippen LogP contribution in [0.2, 0.25) is 0 Å². The summed E-state index contributed by atoms with van der Waals surface area (Å²) >= 11 is 0. The Bertz CT molecular complexity index is 2450. The number of ether oxygens (including phenoxy) is 8. The van der Waals surface area contributed by atoms with Gasteiger partial charge in [0.25, 0.3) is 5.91 Å². The van der Waals surface area contributed by atoms with Crippen LogP contribution >= 0.6 is 0 Å². The number of hydrogen-bond donors (Lipinski definition) is 5. The van der Waals surface area contributed by atoms with E-state index in [-0.39, 0.29) is 50.2 Å². The predicted molar refractivity (Wildman–Crippen MR) is 248 cm³/mol. The number of amides is 2. The first-order chi connectivity index (χ1) is 34.0. The Labute approximate surface area is 415 Å². The van der Waals surface area contributed by atoms with E-state index in [1.165, 1.54) is 33.2 Å². The van der Waals surface area contributed by atoms with E-state index in [1.54, 1.807) is 70.2 Å². The molecule has 1 saturated heterocycles. The van der Waals surface area contributed by atoms with Crippen molar-refractivity contribution in [3.8, 4) is 0 Å². The fourth-order valence-electron chi connectivity index (χ4n) is 10.4. The molecule has 5 N–H and O–H groups in total. The average molecular weight is 1010 g/mol. The maximum Gasteiger partial charge on any atom is 0.349 e. The molecule has 0 radical (unpaired) electrons. The van der Waals surface area contributed by atoms with Crippen LogP contribution in [0.5, 0.6) is 0 Å². The molecular formula is C49H62N6O17. The number of benzene rings is 2. The Morgan fingerprint density at radius 1 is 0.944 bits per heavy atom. The first-order valence-corrected chi connectivity index (χ1v) is 23.2. The summed E-state index contributed by atoms with van der Waals surface area (Å²) in [7, 11) is 2.90. The zero-order chi connectivity index (χ0) is 52.8. The maximum atomic E-state index is 15.2. The number of aliphatic hydroxyl groups is 1. The first kappa shape index (κ1) is 54.7. The molecule has 1 aliphatic heterocycles. The third-order valence-electron chi connectivity index (χ3n) is 14.3. The van der Waals surface area contributed by atoms with Crippen LogP contribution < -0.4 is 16.1 Å². The van der Waals surface area contributed by atoms with Crippen LogP contribution in [0, 0.1) is 22.3 Å². The van der Waals surface area contributed by atoms with E-state index >= 15 is 4.79 Å².